The van der Waals surface area contributed by atoms with Crippen molar-refractivity contribution in [1.82, 2.24) is 4.90 Å². The number of benzene rings is 2. The summed E-state index contributed by atoms with van der Waals surface area (Å²) in [4.78, 5) is 54.5. The third-order valence-electron chi connectivity index (χ3n) is 7.86. The van der Waals surface area contributed by atoms with Crippen LogP contribution in [0.4, 0.5) is 5.69 Å². The van der Waals surface area contributed by atoms with Crippen molar-refractivity contribution >= 4 is 29.4 Å². The van der Waals surface area contributed by atoms with E-state index in [-0.39, 0.29) is 47.8 Å². The van der Waals surface area contributed by atoms with Gasteiger partial charge in [0.05, 0.1) is 23.4 Å². The lowest BCUT2D eigenvalue weighted by Gasteiger charge is -2.20. The Labute approximate surface area is 203 Å². The van der Waals surface area contributed by atoms with E-state index in [2.05, 4.69) is 12.2 Å². The lowest BCUT2D eigenvalue weighted by Crippen LogP contribution is -2.33. The number of carbonyl (C=O) groups excluding carboxylic acids is 4. The number of likely N-dealkylation sites (tertiary alicyclic amines) is 1. The topological polar surface area (TPSA) is 84.0 Å². The van der Waals surface area contributed by atoms with E-state index >= 15 is 0 Å². The van der Waals surface area contributed by atoms with Crippen LogP contribution in [-0.4, -0.2) is 35.1 Å². The summed E-state index contributed by atoms with van der Waals surface area (Å²) in [6.07, 6.45) is 5.16. The Balaban J connectivity index is 1.13. The summed E-state index contributed by atoms with van der Waals surface area (Å²) in [5.41, 5.74) is 2.24. The number of ether oxygens (including phenoxy) is 1. The number of fused-ring (bicyclic) bond motifs is 5. The Morgan fingerprint density at radius 3 is 2.31 bits per heavy atom. The number of hydrogen-bond acceptors (Lipinski definition) is 5. The summed E-state index contributed by atoms with van der Waals surface area (Å²) >= 11 is 0. The molecule has 2 saturated heterocycles. The summed E-state index contributed by atoms with van der Waals surface area (Å²) in [7, 11) is 0. The molecule has 2 aromatic carbocycles. The van der Waals surface area contributed by atoms with Gasteiger partial charge in [0.15, 0.2) is 0 Å². The molecule has 2 heterocycles. The molecule has 35 heavy (non-hydrogen) atoms. The lowest BCUT2D eigenvalue weighted by atomic mass is 9.85. The first kappa shape index (κ1) is 21.8. The Morgan fingerprint density at radius 2 is 1.66 bits per heavy atom. The highest BCUT2D eigenvalue weighted by molar-refractivity contribution is 6.23. The average Bonchev–Trinajstić information content (AvgIpc) is 3.60. The zero-order chi connectivity index (χ0) is 24.3. The van der Waals surface area contributed by atoms with Crippen LogP contribution in [0.1, 0.15) is 24.0 Å². The Hall–Kier alpha value is -3.74. The molecule has 3 fully saturated rings. The van der Waals surface area contributed by atoms with E-state index < -0.39 is 11.9 Å². The summed E-state index contributed by atoms with van der Waals surface area (Å²) in [6, 6.07) is 14.6. The zero-order valence-electron chi connectivity index (χ0n) is 19.4. The molecule has 6 rings (SSSR count). The summed E-state index contributed by atoms with van der Waals surface area (Å²) in [5.74, 6) is -1.18. The second-order valence-electron chi connectivity index (χ2n) is 10.0. The van der Waals surface area contributed by atoms with Gasteiger partial charge in [-0.1, -0.05) is 42.5 Å². The number of nitrogens with zero attached hydrogens (tertiary/aromatic N) is 2. The molecule has 7 nitrogen and oxygen atoms in total. The maximum Gasteiger partial charge on any atom is 0.316 e. The molecule has 0 aromatic heterocycles. The minimum atomic E-state index is -0.532. The van der Waals surface area contributed by atoms with Gasteiger partial charge in [0.1, 0.15) is 5.75 Å². The number of hydrogen-bond donors (Lipinski definition) is 0. The monoisotopic (exact) mass is 470 g/mol. The van der Waals surface area contributed by atoms with Crippen molar-refractivity contribution in [2.24, 2.45) is 29.6 Å². The van der Waals surface area contributed by atoms with Crippen LogP contribution in [0.2, 0.25) is 0 Å². The standard InChI is InChI=1S/C28H26N2O5/c1-16-11-21(35-28(34)20-13-23(31)29(15-20)14-17-5-3-2-4-6-17)9-10-22(16)30-26(32)24-18-7-8-19(12-18)25(24)27(30)33/h2-11,18-20,24-25H,12-15H2,1H3/t18-,19-,20+,24+,25+/m0/s1. The van der Waals surface area contributed by atoms with E-state index in [1.807, 2.05) is 30.3 Å². The molecule has 1 saturated carbocycles. The largest absolute Gasteiger partial charge is 0.426 e. The van der Waals surface area contributed by atoms with E-state index in [4.69, 9.17) is 4.74 Å². The SMILES string of the molecule is Cc1cc(OC(=O)[C@@H]2CC(=O)N(Cc3ccccc3)C2)ccc1N1C(=O)[C@H]2[C@H](C1=O)[C@H]1C=C[C@H]2C1. The van der Waals surface area contributed by atoms with Gasteiger partial charge in [-0.3, -0.25) is 19.2 Å². The highest BCUT2D eigenvalue weighted by Crippen LogP contribution is 2.53. The van der Waals surface area contributed by atoms with Crippen LogP contribution in [0.25, 0.3) is 0 Å². The van der Waals surface area contributed by atoms with Gasteiger partial charge in [-0.15, -0.1) is 0 Å². The van der Waals surface area contributed by atoms with Crippen molar-refractivity contribution in [3.8, 4) is 5.75 Å². The lowest BCUT2D eigenvalue weighted by molar-refractivity contribution is -0.139. The van der Waals surface area contributed by atoms with Gasteiger partial charge in [0.2, 0.25) is 17.7 Å². The maximum absolute atomic E-state index is 13.1. The van der Waals surface area contributed by atoms with Crippen LogP contribution >= 0.6 is 0 Å². The molecule has 2 aliphatic heterocycles. The average molecular weight is 471 g/mol. The molecular weight excluding hydrogens is 444 g/mol. The fourth-order valence-corrected chi connectivity index (χ4v) is 6.17. The molecule has 178 valence electrons. The van der Waals surface area contributed by atoms with Gasteiger partial charge in [0, 0.05) is 19.5 Å². The van der Waals surface area contributed by atoms with Gasteiger partial charge >= 0.3 is 5.97 Å². The summed E-state index contributed by atoms with van der Waals surface area (Å²) in [5, 5.41) is 0. The van der Waals surface area contributed by atoms with E-state index in [1.54, 1.807) is 30.0 Å². The first-order valence-corrected chi connectivity index (χ1v) is 12.1. The molecule has 4 aliphatic rings. The predicted molar refractivity (Wildman–Crippen MR) is 127 cm³/mol. The second-order valence-corrected chi connectivity index (χ2v) is 10.0. The molecule has 2 aromatic rings. The maximum atomic E-state index is 13.1. The third kappa shape index (κ3) is 3.57. The van der Waals surface area contributed by atoms with Crippen LogP contribution in [0.5, 0.6) is 5.75 Å². The molecule has 2 bridgehead atoms. The third-order valence-corrected chi connectivity index (χ3v) is 7.86. The van der Waals surface area contributed by atoms with Crippen molar-refractivity contribution in [1.29, 1.82) is 0 Å². The number of anilines is 1. The normalized spacial score (nSPS) is 28.8. The number of rotatable bonds is 5. The van der Waals surface area contributed by atoms with E-state index in [9.17, 15) is 19.2 Å². The zero-order valence-corrected chi connectivity index (χ0v) is 19.4. The van der Waals surface area contributed by atoms with Gasteiger partial charge < -0.3 is 9.64 Å². The minimum absolute atomic E-state index is 0.0672. The van der Waals surface area contributed by atoms with Crippen LogP contribution in [0, 0.1) is 36.5 Å². The van der Waals surface area contributed by atoms with Crippen molar-refractivity contribution in [3.63, 3.8) is 0 Å². The number of carbonyl (C=O) groups is 4. The first-order valence-electron chi connectivity index (χ1n) is 12.1. The van der Waals surface area contributed by atoms with Crippen LogP contribution < -0.4 is 9.64 Å². The molecule has 0 N–H and O–H groups in total. The number of amides is 3. The summed E-state index contributed by atoms with van der Waals surface area (Å²) in [6.45, 7) is 2.59. The number of allylic oxidation sites excluding steroid dienone is 2. The number of aryl methyl sites for hydroxylation is 1. The van der Waals surface area contributed by atoms with Crippen molar-refractivity contribution in [3.05, 3.63) is 71.8 Å². The molecular formula is C28H26N2O5. The van der Waals surface area contributed by atoms with E-state index in [1.165, 1.54) is 4.90 Å². The Kier molecular flexibility index (Phi) is 5.09. The molecule has 0 spiro atoms. The number of imide groups is 1. The highest BCUT2D eigenvalue weighted by atomic mass is 16.5. The molecule has 0 radical (unpaired) electrons. The van der Waals surface area contributed by atoms with Crippen LogP contribution in [0.3, 0.4) is 0 Å². The van der Waals surface area contributed by atoms with Crippen LogP contribution in [0.15, 0.2) is 60.7 Å². The van der Waals surface area contributed by atoms with Gasteiger partial charge in [-0.05, 0) is 54.5 Å². The Morgan fingerprint density at radius 1 is 0.971 bits per heavy atom. The molecule has 0 unspecified atom stereocenters. The fourth-order valence-electron chi connectivity index (χ4n) is 6.17. The first-order chi connectivity index (χ1) is 16.9. The quantitative estimate of drug-likeness (QED) is 0.290. The van der Waals surface area contributed by atoms with Gasteiger partial charge in [-0.2, -0.15) is 0 Å². The summed E-state index contributed by atoms with van der Waals surface area (Å²) < 4.78 is 5.60. The molecule has 2 aliphatic carbocycles. The molecule has 3 amide bonds. The second kappa shape index (κ2) is 8.18. The van der Waals surface area contributed by atoms with E-state index in [0.29, 0.717) is 30.1 Å². The smallest absolute Gasteiger partial charge is 0.316 e. The van der Waals surface area contributed by atoms with Gasteiger partial charge in [0.25, 0.3) is 0 Å². The minimum Gasteiger partial charge on any atom is -0.426 e. The van der Waals surface area contributed by atoms with Crippen molar-refractivity contribution in [2.45, 2.75) is 26.3 Å². The molecule has 7 heteroatoms. The van der Waals surface area contributed by atoms with E-state index in [0.717, 1.165) is 12.0 Å². The number of esters is 1. The Bertz CT molecular complexity index is 1240. The fraction of sp³-hybridized carbons (Fsp3) is 0.357. The molecule has 5 atom stereocenters. The van der Waals surface area contributed by atoms with Crippen molar-refractivity contribution < 1.29 is 23.9 Å². The van der Waals surface area contributed by atoms with Gasteiger partial charge in [-0.25, -0.2) is 4.90 Å². The highest BCUT2D eigenvalue weighted by Gasteiger charge is 2.59. The predicted octanol–water partition coefficient (Wildman–Crippen LogP) is 3.26. The van der Waals surface area contributed by atoms with Crippen LogP contribution in [-0.2, 0) is 25.7 Å². The van der Waals surface area contributed by atoms with Crippen molar-refractivity contribution in [2.75, 3.05) is 11.4 Å².